The Bertz CT molecular complexity index is 787. The highest BCUT2D eigenvalue weighted by Gasteiger charge is 2.24. The Labute approximate surface area is 127 Å². The van der Waals surface area contributed by atoms with Crippen LogP contribution in [0.5, 0.6) is 0 Å². The van der Waals surface area contributed by atoms with Gasteiger partial charge in [0.15, 0.2) is 0 Å². The molecular weight excluding hydrogens is 317 g/mol. The van der Waals surface area contributed by atoms with Crippen molar-refractivity contribution < 1.29 is 12.8 Å². The van der Waals surface area contributed by atoms with Crippen LogP contribution in [0.25, 0.3) is 0 Å². The van der Waals surface area contributed by atoms with Gasteiger partial charge < -0.3 is 0 Å². The van der Waals surface area contributed by atoms with E-state index in [1.807, 2.05) is 0 Å². The van der Waals surface area contributed by atoms with Crippen molar-refractivity contribution in [3.05, 3.63) is 53.1 Å². The Morgan fingerprint density at radius 3 is 2.76 bits per heavy atom. The van der Waals surface area contributed by atoms with Crippen LogP contribution in [0.3, 0.4) is 0 Å². The van der Waals surface area contributed by atoms with Gasteiger partial charge in [-0.05, 0) is 24.6 Å². The number of halogens is 2. The molecule has 1 aromatic heterocycles. The van der Waals surface area contributed by atoms with Crippen molar-refractivity contribution in [3.63, 3.8) is 0 Å². The number of aryl methyl sites for hydroxylation is 1. The first kappa shape index (κ1) is 15.7. The number of nitrogens with zero attached hydrogens (tertiary/aromatic N) is 3. The molecule has 0 atom stereocenters. The normalized spacial score (nSPS) is 11.6. The number of hydrogen-bond acceptors (Lipinski definition) is 4. The fourth-order valence-corrected chi connectivity index (χ4v) is 3.65. The first-order valence-corrected chi connectivity index (χ1v) is 8.05. The van der Waals surface area contributed by atoms with Crippen molar-refractivity contribution in [2.75, 3.05) is 0 Å². The first-order valence-electron chi connectivity index (χ1n) is 6.02. The highest BCUT2D eigenvalue weighted by atomic mass is 35.5. The molecule has 0 aliphatic rings. The third kappa shape index (κ3) is 3.30. The van der Waals surface area contributed by atoms with Gasteiger partial charge in [0, 0.05) is 11.6 Å². The monoisotopic (exact) mass is 329 g/mol. The van der Waals surface area contributed by atoms with E-state index < -0.39 is 15.7 Å². The maximum absolute atomic E-state index is 13.0. The zero-order chi connectivity index (χ0) is 15.6. The molecule has 1 heterocycles. The van der Waals surface area contributed by atoms with E-state index in [-0.39, 0.29) is 22.5 Å². The molecule has 0 N–H and O–H groups in total. The molecular formula is C13H13ClFN3O2S. The van der Waals surface area contributed by atoms with Crippen LogP contribution in [0.1, 0.15) is 11.4 Å². The molecule has 0 fully saturated rings. The Kier molecular flexibility index (Phi) is 4.43. The van der Waals surface area contributed by atoms with Crippen molar-refractivity contribution in [1.29, 1.82) is 0 Å². The van der Waals surface area contributed by atoms with E-state index >= 15 is 0 Å². The molecule has 21 heavy (non-hydrogen) atoms. The molecule has 0 aliphatic carbocycles. The molecule has 112 valence electrons. The van der Waals surface area contributed by atoms with Crippen LogP contribution in [0.4, 0.5) is 4.39 Å². The summed E-state index contributed by atoms with van der Waals surface area (Å²) in [6.07, 6.45) is 1.56. The van der Waals surface area contributed by atoms with Crippen LogP contribution < -0.4 is 0 Å². The maximum atomic E-state index is 13.0. The van der Waals surface area contributed by atoms with Gasteiger partial charge >= 0.3 is 0 Å². The number of allylic oxidation sites excluding steroid dienone is 1. The summed E-state index contributed by atoms with van der Waals surface area (Å²) in [5.74, 6) is -0.424. The summed E-state index contributed by atoms with van der Waals surface area (Å²) in [6, 6.07) is 3.58. The summed E-state index contributed by atoms with van der Waals surface area (Å²) in [7, 11) is -3.75. The van der Waals surface area contributed by atoms with E-state index in [2.05, 4.69) is 16.8 Å². The number of benzene rings is 1. The van der Waals surface area contributed by atoms with Crippen LogP contribution in [-0.4, -0.2) is 23.2 Å². The molecule has 0 bridgehead atoms. The second-order valence-electron chi connectivity index (χ2n) is 4.42. The van der Waals surface area contributed by atoms with E-state index in [4.69, 9.17) is 11.6 Å². The second kappa shape index (κ2) is 5.95. The molecule has 2 rings (SSSR count). The Morgan fingerprint density at radius 2 is 2.14 bits per heavy atom. The van der Waals surface area contributed by atoms with Crippen LogP contribution in [0, 0.1) is 12.7 Å². The van der Waals surface area contributed by atoms with Crippen LogP contribution in [-0.2, 0) is 22.1 Å². The summed E-state index contributed by atoms with van der Waals surface area (Å²) >= 11 is 5.87. The predicted molar refractivity (Wildman–Crippen MR) is 77.3 cm³/mol. The van der Waals surface area contributed by atoms with Crippen molar-refractivity contribution in [2.24, 2.45) is 0 Å². The largest absolute Gasteiger partial charge is 0.298 e. The minimum Gasteiger partial charge on any atom is -0.298 e. The smallest absolute Gasteiger partial charge is 0.250 e. The number of aromatic nitrogens is 3. The maximum Gasteiger partial charge on any atom is 0.250 e. The van der Waals surface area contributed by atoms with Gasteiger partial charge in [0.1, 0.15) is 11.6 Å². The number of hydrogen-bond donors (Lipinski definition) is 0. The third-order valence-corrected chi connectivity index (χ3v) is 4.75. The fraction of sp³-hybridized carbons (Fsp3) is 0.231. The molecule has 0 aliphatic heterocycles. The van der Waals surface area contributed by atoms with Crippen molar-refractivity contribution in [2.45, 2.75) is 24.4 Å². The van der Waals surface area contributed by atoms with E-state index in [1.165, 1.54) is 10.6 Å². The molecule has 0 spiro atoms. The van der Waals surface area contributed by atoms with Gasteiger partial charge in [-0.3, -0.25) is 4.57 Å². The second-order valence-corrected chi connectivity index (χ2v) is 6.71. The van der Waals surface area contributed by atoms with Gasteiger partial charge in [0.05, 0.1) is 5.75 Å². The first-order chi connectivity index (χ1) is 9.85. The molecule has 8 heteroatoms. The summed E-state index contributed by atoms with van der Waals surface area (Å²) < 4.78 is 39.3. The van der Waals surface area contributed by atoms with E-state index in [0.717, 1.165) is 12.1 Å². The molecule has 2 aromatic rings. The van der Waals surface area contributed by atoms with Gasteiger partial charge in [0.25, 0.3) is 0 Å². The third-order valence-electron chi connectivity index (χ3n) is 2.85. The average Bonchev–Trinajstić information content (AvgIpc) is 2.76. The lowest BCUT2D eigenvalue weighted by Crippen LogP contribution is -2.13. The Balaban J connectivity index is 2.41. The zero-order valence-corrected chi connectivity index (χ0v) is 12.8. The number of sulfone groups is 1. The molecule has 1 aromatic carbocycles. The predicted octanol–water partition coefficient (Wildman–Crippen LogP) is 2.54. The Morgan fingerprint density at radius 1 is 1.43 bits per heavy atom. The van der Waals surface area contributed by atoms with Gasteiger partial charge in [0.2, 0.25) is 15.0 Å². The van der Waals surface area contributed by atoms with E-state index in [1.54, 1.807) is 13.0 Å². The van der Waals surface area contributed by atoms with E-state index in [0.29, 0.717) is 11.4 Å². The minimum atomic E-state index is -3.75. The molecule has 0 amide bonds. The fourth-order valence-electron chi connectivity index (χ4n) is 1.84. The average molecular weight is 330 g/mol. The quantitative estimate of drug-likeness (QED) is 0.791. The van der Waals surface area contributed by atoms with Crippen molar-refractivity contribution >= 4 is 21.4 Å². The van der Waals surface area contributed by atoms with E-state index in [9.17, 15) is 12.8 Å². The van der Waals surface area contributed by atoms with Crippen LogP contribution in [0.15, 0.2) is 36.0 Å². The standard InChI is InChI=1S/C13H13ClFN3O2S/c1-3-6-18-9(2)16-17-13(18)21(19,20)8-10-4-5-11(15)7-12(10)14/h3-5,7H,1,6,8H2,2H3. The molecule has 0 saturated carbocycles. The summed E-state index contributed by atoms with van der Waals surface area (Å²) in [4.78, 5) is 0. The van der Waals surface area contributed by atoms with Gasteiger partial charge in [-0.1, -0.05) is 23.7 Å². The highest BCUT2D eigenvalue weighted by molar-refractivity contribution is 7.90. The molecule has 0 unspecified atom stereocenters. The van der Waals surface area contributed by atoms with Crippen molar-refractivity contribution in [1.82, 2.24) is 14.8 Å². The number of rotatable bonds is 5. The van der Waals surface area contributed by atoms with Crippen molar-refractivity contribution in [3.8, 4) is 0 Å². The molecule has 0 saturated heterocycles. The lowest BCUT2D eigenvalue weighted by atomic mass is 10.2. The SMILES string of the molecule is C=CCn1c(C)nnc1S(=O)(=O)Cc1ccc(F)cc1Cl. The van der Waals surface area contributed by atoms with Gasteiger partial charge in [-0.25, -0.2) is 12.8 Å². The molecule has 5 nitrogen and oxygen atoms in total. The van der Waals surface area contributed by atoms with Gasteiger partial charge in [-0.15, -0.1) is 16.8 Å². The summed E-state index contributed by atoms with van der Waals surface area (Å²) in [5.41, 5.74) is 0.309. The van der Waals surface area contributed by atoms with Crippen LogP contribution in [0.2, 0.25) is 5.02 Å². The van der Waals surface area contributed by atoms with Gasteiger partial charge in [-0.2, -0.15) is 0 Å². The van der Waals surface area contributed by atoms with Crippen LogP contribution >= 0.6 is 11.6 Å². The lowest BCUT2D eigenvalue weighted by Gasteiger charge is -2.08. The minimum absolute atomic E-state index is 0.0603. The topological polar surface area (TPSA) is 64.8 Å². The lowest BCUT2D eigenvalue weighted by molar-refractivity contribution is 0.570. The Hall–Kier alpha value is -1.73. The highest BCUT2D eigenvalue weighted by Crippen LogP contribution is 2.22. The molecule has 0 radical (unpaired) electrons. The summed E-state index contributed by atoms with van der Waals surface area (Å²) in [6.45, 7) is 5.51. The zero-order valence-electron chi connectivity index (χ0n) is 11.3. The summed E-state index contributed by atoms with van der Waals surface area (Å²) in [5, 5.41) is 7.39.